The van der Waals surface area contributed by atoms with E-state index in [1.165, 1.54) is 16.5 Å². The van der Waals surface area contributed by atoms with Gasteiger partial charge in [0.15, 0.2) is 0 Å². The van der Waals surface area contributed by atoms with Gasteiger partial charge in [0, 0.05) is 25.5 Å². The quantitative estimate of drug-likeness (QED) is 0.830. The maximum atomic E-state index is 5.85. The summed E-state index contributed by atoms with van der Waals surface area (Å²) in [6.07, 6.45) is 0.273. The minimum absolute atomic E-state index is 0.0202. The highest BCUT2D eigenvalue weighted by atomic mass is 16.6. The van der Waals surface area contributed by atoms with E-state index in [2.05, 4.69) is 49.6 Å². The van der Waals surface area contributed by atoms with Gasteiger partial charge < -0.3 is 14.8 Å². The number of aryl methyl sites for hydroxylation is 2. The summed E-state index contributed by atoms with van der Waals surface area (Å²) in [5.41, 5.74) is 3.21. The lowest BCUT2D eigenvalue weighted by Gasteiger charge is -2.25. The number of hydrogen-bond acceptors (Lipinski definition) is 5. The van der Waals surface area contributed by atoms with Crippen LogP contribution in [-0.2, 0) is 22.1 Å². The second kappa shape index (κ2) is 5.81. The molecule has 1 aromatic carbocycles. The summed E-state index contributed by atoms with van der Waals surface area (Å²) >= 11 is 0. The number of hydrogen-bond donors (Lipinski definition) is 2. The van der Waals surface area contributed by atoms with E-state index in [-0.39, 0.29) is 24.0 Å². The van der Waals surface area contributed by atoms with Gasteiger partial charge in [0.25, 0.3) is 0 Å². The van der Waals surface area contributed by atoms with Crippen molar-refractivity contribution in [2.24, 2.45) is 7.05 Å². The lowest BCUT2D eigenvalue weighted by Crippen LogP contribution is -2.45. The fourth-order valence-corrected chi connectivity index (χ4v) is 3.74. The van der Waals surface area contributed by atoms with Gasteiger partial charge >= 0.3 is 0 Å². The molecule has 3 heterocycles. The van der Waals surface area contributed by atoms with Crippen molar-refractivity contribution < 1.29 is 9.47 Å². The largest absolute Gasteiger partial charge is 0.373 e. The molecule has 0 amide bonds. The second-order valence-electron chi connectivity index (χ2n) is 7.35. The van der Waals surface area contributed by atoms with Gasteiger partial charge in [0.1, 0.15) is 18.4 Å². The molecule has 2 N–H and O–H groups in total. The fraction of sp³-hybridized carbons (Fsp3) is 0.611. The van der Waals surface area contributed by atoms with E-state index in [1.54, 1.807) is 0 Å². The average Bonchev–Trinajstić information content (AvgIpc) is 3.21. The van der Waals surface area contributed by atoms with Crippen molar-refractivity contribution in [2.75, 3.05) is 19.7 Å². The van der Waals surface area contributed by atoms with Crippen LogP contribution < -0.4 is 10.6 Å². The summed E-state index contributed by atoms with van der Waals surface area (Å²) < 4.78 is 13.6. The van der Waals surface area contributed by atoms with Crippen molar-refractivity contribution in [3.63, 3.8) is 0 Å². The maximum absolute atomic E-state index is 5.85. The van der Waals surface area contributed by atoms with E-state index in [4.69, 9.17) is 14.6 Å². The molecule has 3 atom stereocenters. The zero-order chi connectivity index (χ0) is 16.9. The molecule has 1 aromatic heterocycles. The van der Waals surface area contributed by atoms with E-state index >= 15 is 0 Å². The Kier molecular flexibility index (Phi) is 3.88. The standard InChI is InChI=1S/C18H26N4O2/c1-11-6-5-7-12-14(11)22(4)21-16(12)18(2,3)20-17-15(24-17)13-10-19-8-9-23-13/h5-7,13,15,17,19-20H,8-10H2,1-4H3/t13-,15?,17?/m0/s1. The Morgan fingerprint density at radius 3 is 2.96 bits per heavy atom. The molecule has 0 radical (unpaired) electrons. The van der Waals surface area contributed by atoms with Crippen molar-refractivity contribution in [1.82, 2.24) is 20.4 Å². The molecule has 130 valence electrons. The number of rotatable bonds is 4. The minimum atomic E-state index is -0.283. The Bertz CT molecular complexity index is 749. The lowest BCUT2D eigenvalue weighted by atomic mass is 9.96. The highest BCUT2D eigenvalue weighted by Crippen LogP contribution is 2.34. The van der Waals surface area contributed by atoms with Crippen LogP contribution in [0.3, 0.4) is 0 Å². The van der Waals surface area contributed by atoms with Crippen LogP contribution in [0.5, 0.6) is 0 Å². The van der Waals surface area contributed by atoms with E-state index in [0.717, 1.165) is 25.4 Å². The summed E-state index contributed by atoms with van der Waals surface area (Å²) in [4.78, 5) is 0. The molecular weight excluding hydrogens is 304 g/mol. The van der Waals surface area contributed by atoms with Crippen LogP contribution >= 0.6 is 0 Å². The number of benzene rings is 1. The van der Waals surface area contributed by atoms with Gasteiger partial charge in [-0.25, -0.2) is 0 Å². The predicted octanol–water partition coefficient (Wildman–Crippen LogP) is 1.42. The lowest BCUT2D eigenvalue weighted by molar-refractivity contribution is 0.0112. The Hall–Kier alpha value is -1.47. The van der Waals surface area contributed by atoms with E-state index in [9.17, 15) is 0 Å². The molecule has 24 heavy (non-hydrogen) atoms. The summed E-state index contributed by atoms with van der Waals surface area (Å²) in [5, 5.41) is 13.0. The normalized spacial score (nSPS) is 27.6. The van der Waals surface area contributed by atoms with E-state index in [0.29, 0.717) is 0 Å². The summed E-state index contributed by atoms with van der Waals surface area (Å²) in [7, 11) is 2.01. The van der Waals surface area contributed by atoms with Crippen molar-refractivity contribution in [1.29, 1.82) is 0 Å². The van der Waals surface area contributed by atoms with E-state index in [1.807, 2.05) is 11.7 Å². The van der Waals surface area contributed by atoms with Crippen LogP contribution in [-0.4, -0.2) is 47.9 Å². The van der Waals surface area contributed by atoms with Crippen LogP contribution in [0.4, 0.5) is 0 Å². The topological polar surface area (TPSA) is 63.6 Å². The number of para-hydroxylation sites is 1. The average molecular weight is 330 g/mol. The zero-order valence-electron chi connectivity index (χ0n) is 14.8. The highest BCUT2D eigenvalue weighted by molar-refractivity contribution is 5.85. The van der Waals surface area contributed by atoms with Crippen LogP contribution in [0.25, 0.3) is 10.9 Å². The number of nitrogens with zero attached hydrogens (tertiary/aromatic N) is 2. The smallest absolute Gasteiger partial charge is 0.138 e. The number of epoxide rings is 1. The molecule has 2 aliphatic rings. The van der Waals surface area contributed by atoms with Gasteiger partial charge in [-0.15, -0.1) is 0 Å². The highest BCUT2D eigenvalue weighted by Gasteiger charge is 2.49. The third kappa shape index (κ3) is 2.73. The van der Waals surface area contributed by atoms with Crippen LogP contribution in [0.15, 0.2) is 18.2 Å². The van der Waals surface area contributed by atoms with Crippen molar-refractivity contribution in [3.8, 4) is 0 Å². The van der Waals surface area contributed by atoms with Crippen molar-refractivity contribution in [3.05, 3.63) is 29.5 Å². The molecule has 0 saturated carbocycles. The predicted molar refractivity (Wildman–Crippen MR) is 92.9 cm³/mol. The van der Waals surface area contributed by atoms with Gasteiger partial charge in [0.2, 0.25) is 0 Å². The fourth-order valence-electron chi connectivity index (χ4n) is 3.74. The first-order chi connectivity index (χ1) is 11.5. The first kappa shape index (κ1) is 16.0. The molecule has 2 aromatic rings. The number of ether oxygens (including phenoxy) is 2. The first-order valence-corrected chi connectivity index (χ1v) is 8.65. The molecule has 2 saturated heterocycles. The summed E-state index contributed by atoms with van der Waals surface area (Å²) in [6, 6.07) is 6.37. The molecular formula is C18H26N4O2. The molecule has 0 bridgehead atoms. The molecule has 2 fully saturated rings. The SMILES string of the molecule is Cc1cccc2c(C(C)(C)NC3OC3[C@@H]3CNCCO3)nn(C)c12. The number of nitrogens with one attached hydrogen (secondary N) is 2. The van der Waals surface area contributed by atoms with Gasteiger partial charge in [-0.2, -0.15) is 5.10 Å². The number of morpholine rings is 1. The van der Waals surface area contributed by atoms with Gasteiger partial charge in [0.05, 0.1) is 23.4 Å². The zero-order valence-corrected chi connectivity index (χ0v) is 14.8. The molecule has 0 aliphatic carbocycles. The monoisotopic (exact) mass is 330 g/mol. The first-order valence-electron chi connectivity index (χ1n) is 8.65. The van der Waals surface area contributed by atoms with Gasteiger partial charge in [-0.05, 0) is 26.3 Å². The third-order valence-corrected chi connectivity index (χ3v) is 5.01. The van der Waals surface area contributed by atoms with Crippen LogP contribution in [0.2, 0.25) is 0 Å². The van der Waals surface area contributed by atoms with Crippen molar-refractivity contribution >= 4 is 10.9 Å². The van der Waals surface area contributed by atoms with E-state index < -0.39 is 0 Å². The molecule has 2 unspecified atom stereocenters. The third-order valence-electron chi connectivity index (χ3n) is 5.01. The molecule has 0 spiro atoms. The maximum Gasteiger partial charge on any atom is 0.138 e. The van der Waals surface area contributed by atoms with Gasteiger partial charge in [-0.3, -0.25) is 10.00 Å². The van der Waals surface area contributed by atoms with Crippen molar-refractivity contribution in [2.45, 2.75) is 44.7 Å². The Balaban J connectivity index is 1.54. The molecule has 6 heteroatoms. The Morgan fingerprint density at radius 1 is 1.38 bits per heavy atom. The molecule has 4 rings (SSSR count). The van der Waals surface area contributed by atoms with Gasteiger partial charge in [-0.1, -0.05) is 18.2 Å². The molecule has 2 aliphatic heterocycles. The van der Waals surface area contributed by atoms with Crippen LogP contribution in [0.1, 0.15) is 25.1 Å². The number of fused-ring (bicyclic) bond motifs is 1. The summed E-state index contributed by atoms with van der Waals surface area (Å²) in [5.74, 6) is 0. The number of aromatic nitrogens is 2. The molecule has 6 nitrogen and oxygen atoms in total. The second-order valence-corrected chi connectivity index (χ2v) is 7.35. The summed E-state index contributed by atoms with van der Waals surface area (Å²) in [6.45, 7) is 8.99. The Morgan fingerprint density at radius 2 is 2.21 bits per heavy atom. The Labute approximate surface area is 142 Å². The van der Waals surface area contributed by atoms with Crippen LogP contribution in [0, 0.1) is 6.92 Å². The minimum Gasteiger partial charge on any atom is -0.373 e.